The van der Waals surface area contributed by atoms with Crippen LogP contribution in [0.2, 0.25) is 0 Å². The number of rotatable bonds is 3. The molecule has 0 saturated carbocycles. The van der Waals surface area contributed by atoms with E-state index in [0.717, 1.165) is 18.7 Å². The number of carbonyl (C=O) groups is 3. The van der Waals surface area contributed by atoms with Crippen LogP contribution < -0.4 is 5.32 Å². The first-order valence-corrected chi connectivity index (χ1v) is 8.00. The van der Waals surface area contributed by atoms with E-state index in [9.17, 15) is 14.4 Å². The highest BCUT2D eigenvalue weighted by Crippen LogP contribution is 2.17. The molecule has 2 saturated heterocycles. The number of hydrogen-bond donors (Lipinski definition) is 1. The van der Waals surface area contributed by atoms with E-state index in [1.807, 2.05) is 24.0 Å². The number of benzene rings is 1. The molecular formula is C17H22ClN3O3. The van der Waals surface area contributed by atoms with Gasteiger partial charge in [0.05, 0.1) is 6.54 Å². The summed E-state index contributed by atoms with van der Waals surface area (Å²) >= 11 is 0. The van der Waals surface area contributed by atoms with Crippen molar-refractivity contribution in [3.8, 4) is 0 Å². The van der Waals surface area contributed by atoms with E-state index >= 15 is 0 Å². The standard InChI is InChI=1S/C17H21N3O3.ClH/c1-12-10-18-8-9-19(12)17(23)14-4-2-13(3-5-14)11-20-15(21)6-7-16(20)22;/h2-5,12,18H,6-11H2,1H3;1H. The van der Waals surface area contributed by atoms with Gasteiger partial charge in [-0.3, -0.25) is 19.3 Å². The summed E-state index contributed by atoms with van der Waals surface area (Å²) in [6.07, 6.45) is 0.604. The smallest absolute Gasteiger partial charge is 0.254 e. The van der Waals surface area contributed by atoms with Crippen LogP contribution in [0.15, 0.2) is 24.3 Å². The molecule has 1 aromatic carbocycles. The molecule has 2 aliphatic rings. The molecule has 130 valence electrons. The molecule has 24 heavy (non-hydrogen) atoms. The molecule has 2 fully saturated rings. The zero-order valence-electron chi connectivity index (χ0n) is 13.7. The lowest BCUT2D eigenvalue weighted by Crippen LogP contribution is -2.52. The number of hydrogen-bond acceptors (Lipinski definition) is 4. The fraction of sp³-hybridized carbons (Fsp3) is 0.471. The number of nitrogens with zero attached hydrogens (tertiary/aromatic N) is 2. The summed E-state index contributed by atoms with van der Waals surface area (Å²) in [5, 5.41) is 3.27. The van der Waals surface area contributed by atoms with Gasteiger partial charge in [0.2, 0.25) is 11.8 Å². The molecule has 3 amide bonds. The number of imide groups is 1. The molecule has 1 unspecified atom stereocenters. The van der Waals surface area contributed by atoms with Crippen molar-refractivity contribution in [2.75, 3.05) is 19.6 Å². The minimum atomic E-state index is -0.121. The third kappa shape index (κ3) is 3.76. The summed E-state index contributed by atoms with van der Waals surface area (Å²) < 4.78 is 0. The SMILES string of the molecule is CC1CNCCN1C(=O)c1ccc(CN2C(=O)CCC2=O)cc1.Cl. The van der Waals surface area contributed by atoms with Crippen LogP contribution in [0.4, 0.5) is 0 Å². The third-order valence-corrected chi connectivity index (χ3v) is 4.46. The third-order valence-electron chi connectivity index (χ3n) is 4.46. The average molecular weight is 352 g/mol. The van der Waals surface area contributed by atoms with Gasteiger partial charge in [-0.05, 0) is 24.6 Å². The number of nitrogens with one attached hydrogen (secondary N) is 1. The molecular weight excluding hydrogens is 330 g/mol. The second-order valence-electron chi connectivity index (χ2n) is 6.12. The summed E-state index contributed by atoms with van der Waals surface area (Å²) in [6, 6.07) is 7.36. The van der Waals surface area contributed by atoms with Gasteiger partial charge in [-0.1, -0.05) is 12.1 Å². The van der Waals surface area contributed by atoms with E-state index < -0.39 is 0 Å². The molecule has 0 aromatic heterocycles. The number of halogens is 1. The highest BCUT2D eigenvalue weighted by molar-refractivity contribution is 6.01. The van der Waals surface area contributed by atoms with Gasteiger partial charge in [-0.15, -0.1) is 12.4 Å². The molecule has 1 N–H and O–H groups in total. The van der Waals surface area contributed by atoms with E-state index in [2.05, 4.69) is 5.32 Å². The number of piperazine rings is 1. The monoisotopic (exact) mass is 351 g/mol. The Labute approximate surface area is 147 Å². The van der Waals surface area contributed by atoms with Crippen molar-refractivity contribution in [2.24, 2.45) is 0 Å². The van der Waals surface area contributed by atoms with Crippen molar-refractivity contribution in [1.82, 2.24) is 15.1 Å². The van der Waals surface area contributed by atoms with E-state index in [1.54, 1.807) is 12.1 Å². The Bertz CT molecular complexity index is 616. The van der Waals surface area contributed by atoms with E-state index in [0.29, 0.717) is 24.9 Å². The molecule has 0 bridgehead atoms. The molecule has 2 aliphatic heterocycles. The fourth-order valence-electron chi connectivity index (χ4n) is 3.04. The van der Waals surface area contributed by atoms with Gasteiger partial charge < -0.3 is 10.2 Å². The van der Waals surface area contributed by atoms with Crippen LogP contribution in [0.1, 0.15) is 35.7 Å². The normalized spacial score (nSPS) is 21.0. The van der Waals surface area contributed by atoms with Crippen LogP contribution in [0.3, 0.4) is 0 Å². The quantitative estimate of drug-likeness (QED) is 0.830. The first kappa shape index (κ1) is 18.4. The predicted molar refractivity (Wildman–Crippen MR) is 91.8 cm³/mol. The van der Waals surface area contributed by atoms with Gasteiger partial charge in [0, 0.05) is 44.1 Å². The molecule has 1 aromatic rings. The van der Waals surface area contributed by atoms with E-state index in [4.69, 9.17) is 0 Å². The number of amides is 3. The highest BCUT2D eigenvalue weighted by atomic mass is 35.5. The van der Waals surface area contributed by atoms with Crippen molar-refractivity contribution in [1.29, 1.82) is 0 Å². The Morgan fingerprint density at radius 1 is 1.17 bits per heavy atom. The Morgan fingerprint density at radius 3 is 2.38 bits per heavy atom. The molecule has 2 heterocycles. The van der Waals surface area contributed by atoms with Crippen molar-refractivity contribution < 1.29 is 14.4 Å². The zero-order valence-corrected chi connectivity index (χ0v) is 14.5. The molecule has 6 nitrogen and oxygen atoms in total. The maximum atomic E-state index is 12.5. The second-order valence-corrected chi connectivity index (χ2v) is 6.12. The van der Waals surface area contributed by atoms with Crippen molar-refractivity contribution in [3.63, 3.8) is 0 Å². The Morgan fingerprint density at radius 2 is 1.79 bits per heavy atom. The van der Waals surface area contributed by atoms with Gasteiger partial charge in [-0.2, -0.15) is 0 Å². The van der Waals surface area contributed by atoms with Crippen LogP contribution >= 0.6 is 12.4 Å². The van der Waals surface area contributed by atoms with Crippen LogP contribution in [0, 0.1) is 0 Å². The lowest BCUT2D eigenvalue weighted by molar-refractivity contribution is -0.139. The van der Waals surface area contributed by atoms with Crippen LogP contribution in [0.5, 0.6) is 0 Å². The largest absolute Gasteiger partial charge is 0.333 e. The number of carbonyl (C=O) groups excluding carboxylic acids is 3. The van der Waals surface area contributed by atoms with Gasteiger partial charge in [0.15, 0.2) is 0 Å². The van der Waals surface area contributed by atoms with E-state index in [-0.39, 0.29) is 42.7 Å². The molecule has 0 radical (unpaired) electrons. The zero-order chi connectivity index (χ0) is 16.4. The summed E-state index contributed by atoms with van der Waals surface area (Å²) in [7, 11) is 0. The van der Waals surface area contributed by atoms with Gasteiger partial charge in [0.1, 0.15) is 0 Å². The van der Waals surface area contributed by atoms with Crippen LogP contribution in [0.25, 0.3) is 0 Å². The summed E-state index contributed by atoms with van der Waals surface area (Å²) in [6.45, 7) is 4.65. The maximum Gasteiger partial charge on any atom is 0.254 e. The lowest BCUT2D eigenvalue weighted by atomic mass is 10.1. The molecule has 0 aliphatic carbocycles. The van der Waals surface area contributed by atoms with Crippen LogP contribution in [-0.2, 0) is 16.1 Å². The van der Waals surface area contributed by atoms with Crippen molar-refractivity contribution in [3.05, 3.63) is 35.4 Å². The van der Waals surface area contributed by atoms with Gasteiger partial charge >= 0.3 is 0 Å². The Balaban J connectivity index is 0.00000208. The molecule has 3 rings (SSSR count). The Kier molecular flexibility index (Phi) is 5.96. The number of likely N-dealkylation sites (tertiary alicyclic amines) is 1. The van der Waals surface area contributed by atoms with Crippen molar-refractivity contribution in [2.45, 2.75) is 32.4 Å². The summed E-state index contributed by atoms with van der Waals surface area (Å²) in [5.41, 5.74) is 1.50. The highest BCUT2D eigenvalue weighted by Gasteiger charge is 2.29. The lowest BCUT2D eigenvalue weighted by Gasteiger charge is -2.34. The summed E-state index contributed by atoms with van der Waals surface area (Å²) in [5.74, 6) is -0.214. The van der Waals surface area contributed by atoms with Crippen molar-refractivity contribution >= 4 is 30.1 Å². The summed E-state index contributed by atoms with van der Waals surface area (Å²) in [4.78, 5) is 39.0. The van der Waals surface area contributed by atoms with Crippen LogP contribution in [-0.4, -0.2) is 53.2 Å². The molecule has 7 heteroatoms. The van der Waals surface area contributed by atoms with E-state index in [1.165, 1.54) is 4.90 Å². The van der Waals surface area contributed by atoms with Gasteiger partial charge in [0.25, 0.3) is 5.91 Å². The fourth-order valence-corrected chi connectivity index (χ4v) is 3.04. The minimum Gasteiger partial charge on any atom is -0.333 e. The minimum absolute atomic E-state index is 0. The van der Waals surface area contributed by atoms with Gasteiger partial charge in [-0.25, -0.2) is 0 Å². The predicted octanol–water partition coefficient (Wildman–Crippen LogP) is 1.19. The molecule has 0 spiro atoms. The first-order chi connectivity index (χ1) is 11.1. The topological polar surface area (TPSA) is 69.7 Å². The second kappa shape index (κ2) is 7.77. The maximum absolute atomic E-state index is 12.5. The first-order valence-electron chi connectivity index (χ1n) is 8.00. The molecule has 1 atom stereocenters. The Hall–Kier alpha value is -1.92. The average Bonchev–Trinajstić information content (AvgIpc) is 2.87.